The lowest BCUT2D eigenvalue weighted by molar-refractivity contribution is 0.0962. The number of ether oxygens (including phenoxy) is 1. The second-order valence-corrected chi connectivity index (χ2v) is 9.83. The Morgan fingerprint density at radius 3 is 2.68 bits per heavy atom. The minimum absolute atomic E-state index is 0. The summed E-state index contributed by atoms with van der Waals surface area (Å²) in [6.45, 7) is 11.2. The van der Waals surface area contributed by atoms with Crippen LogP contribution in [0, 0.1) is 5.41 Å². The molecule has 1 aromatic heterocycles. The van der Waals surface area contributed by atoms with Crippen molar-refractivity contribution >= 4 is 29.7 Å². The Morgan fingerprint density at radius 1 is 1.24 bits per heavy atom. The summed E-state index contributed by atoms with van der Waals surface area (Å²) in [6.07, 6.45) is 1.48. The van der Waals surface area contributed by atoms with Crippen LogP contribution in [0.25, 0.3) is 0 Å². The molecule has 0 fully saturated rings. The summed E-state index contributed by atoms with van der Waals surface area (Å²) in [7, 11) is 0. The molecule has 0 saturated carbocycles. The first kappa shape index (κ1) is 26.0. The number of nitrogens with one attached hydrogen (secondary N) is 1. The number of halogens is 1. The minimum Gasteiger partial charge on any atom is -0.489 e. The van der Waals surface area contributed by atoms with E-state index >= 15 is 0 Å². The van der Waals surface area contributed by atoms with Crippen molar-refractivity contribution in [3.63, 3.8) is 0 Å². The highest BCUT2D eigenvalue weighted by Gasteiger charge is 2.31. The number of carbonyl (C=O) groups is 1. The van der Waals surface area contributed by atoms with Crippen molar-refractivity contribution < 1.29 is 14.6 Å². The Labute approximate surface area is 208 Å². The van der Waals surface area contributed by atoms with Gasteiger partial charge in [-0.3, -0.25) is 10.2 Å². The molecule has 7 nitrogen and oxygen atoms in total. The van der Waals surface area contributed by atoms with Crippen molar-refractivity contribution in [1.82, 2.24) is 9.88 Å². The molecule has 2 aromatic rings. The third kappa shape index (κ3) is 5.05. The van der Waals surface area contributed by atoms with Crippen molar-refractivity contribution in [2.24, 2.45) is 0 Å². The second-order valence-electron chi connectivity index (χ2n) is 9.83. The van der Waals surface area contributed by atoms with Gasteiger partial charge >= 0.3 is 0 Å². The van der Waals surface area contributed by atoms with E-state index < -0.39 is 0 Å². The van der Waals surface area contributed by atoms with E-state index in [1.165, 1.54) is 0 Å². The number of aliphatic hydroxyl groups excluding tert-OH is 1. The van der Waals surface area contributed by atoms with Gasteiger partial charge in [-0.25, -0.2) is 4.98 Å². The number of rotatable bonds is 7. The summed E-state index contributed by atoms with van der Waals surface area (Å²) in [5, 5.41) is 17.9. The van der Waals surface area contributed by atoms with Gasteiger partial charge in [0.25, 0.3) is 0 Å². The molecule has 0 saturated heterocycles. The van der Waals surface area contributed by atoms with Gasteiger partial charge in [0.2, 0.25) is 0 Å². The molecule has 4 rings (SSSR count). The third-order valence-corrected chi connectivity index (χ3v) is 6.37. The molecule has 0 aliphatic carbocycles. The zero-order valence-electron chi connectivity index (χ0n) is 20.5. The van der Waals surface area contributed by atoms with E-state index in [1.54, 1.807) is 4.90 Å². The lowest BCUT2D eigenvalue weighted by Gasteiger charge is -2.35. The van der Waals surface area contributed by atoms with E-state index in [4.69, 9.17) is 10.1 Å². The summed E-state index contributed by atoms with van der Waals surface area (Å²) in [5.41, 5.74) is 4.99. The lowest BCUT2D eigenvalue weighted by Crippen LogP contribution is -2.36. The SMILES string of the molecule is CCc1ccc2c(n1)C(=N)N(CC(=O)c1cc3c(c(C(C)(C)C)c1)OCCN3CCCO)C2.Cl. The van der Waals surface area contributed by atoms with Crippen molar-refractivity contribution in [3.8, 4) is 5.75 Å². The molecule has 0 atom stereocenters. The van der Waals surface area contributed by atoms with Crippen molar-refractivity contribution in [1.29, 1.82) is 5.41 Å². The number of benzene rings is 1. The Kier molecular flexibility index (Phi) is 7.88. The Hall–Kier alpha value is -2.64. The number of aryl methyl sites for hydroxylation is 1. The normalized spacial score (nSPS) is 14.9. The van der Waals surface area contributed by atoms with Crippen LogP contribution in [0.3, 0.4) is 0 Å². The van der Waals surface area contributed by atoms with Crippen LogP contribution in [0.15, 0.2) is 24.3 Å². The highest BCUT2D eigenvalue weighted by molar-refractivity contribution is 6.05. The molecule has 34 heavy (non-hydrogen) atoms. The number of amidine groups is 1. The average Bonchev–Trinajstić information content (AvgIpc) is 3.10. The molecular formula is C26H35ClN4O3. The predicted molar refractivity (Wildman–Crippen MR) is 137 cm³/mol. The maximum Gasteiger partial charge on any atom is 0.182 e. The first-order chi connectivity index (χ1) is 15.7. The number of hydrogen-bond acceptors (Lipinski definition) is 6. The van der Waals surface area contributed by atoms with Crippen LogP contribution in [0.4, 0.5) is 5.69 Å². The molecule has 1 aromatic carbocycles. The molecule has 2 aliphatic heterocycles. The molecule has 0 unspecified atom stereocenters. The van der Waals surface area contributed by atoms with Crippen LogP contribution in [-0.4, -0.2) is 59.5 Å². The first-order valence-electron chi connectivity index (χ1n) is 11.8. The maximum absolute atomic E-state index is 13.4. The van der Waals surface area contributed by atoms with E-state index in [0.29, 0.717) is 43.2 Å². The molecule has 0 spiro atoms. The minimum atomic E-state index is -0.197. The van der Waals surface area contributed by atoms with Gasteiger partial charge in [-0.05, 0) is 36.5 Å². The fourth-order valence-corrected chi connectivity index (χ4v) is 4.48. The summed E-state index contributed by atoms with van der Waals surface area (Å²) in [6, 6.07) is 7.89. The van der Waals surface area contributed by atoms with Gasteiger partial charge in [-0.2, -0.15) is 0 Å². The summed E-state index contributed by atoms with van der Waals surface area (Å²) >= 11 is 0. The van der Waals surface area contributed by atoms with Crippen LogP contribution < -0.4 is 9.64 Å². The Morgan fingerprint density at radius 2 is 2.00 bits per heavy atom. The van der Waals surface area contributed by atoms with Crippen LogP contribution in [0.5, 0.6) is 5.75 Å². The fourth-order valence-electron chi connectivity index (χ4n) is 4.48. The zero-order valence-corrected chi connectivity index (χ0v) is 21.3. The largest absolute Gasteiger partial charge is 0.489 e. The number of nitrogens with zero attached hydrogens (tertiary/aromatic N) is 3. The number of anilines is 1. The number of Topliss-reactive ketones (excluding diaryl/α,β-unsaturated/α-hetero) is 1. The van der Waals surface area contributed by atoms with Gasteiger partial charge < -0.3 is 19.6 Å². The average molecular weight is 487 g/mol. The number of hydrogen-bond donors (Lipinski definition) is 2. The molecule has 0 bridgehead atoms. The van der Waals surface area contributed by atoms with Crippen molar-refractivity contribution in [3.05, 3.63) is 52.3 Å². The van der Waals surface area contributed by atoms with Crippen molar-refractivity contribution in [2.75, 3.05) is 37.7 Å². The lowest BCUT2D eigenvalue weighted by atomic mass is 9.84. The molecule has 0 radical (unpaired) electrons. The predicted octanol–water partition coefficient (Wildman–Crippen LogP) is 3.97. The van der Waals surface area contributed by atoms with E-state index in [-0.39, 0.29) is 36.8 Å². The molecular weight excluding hydrogens is 452 g/mol. The monoisotopic (exact) mass is 486 g/mol. The standard InChI is InChI=1S/C26H34N4O3.ClH/c1-5-19-8-7-17-15-30(25(27)23(17)28-19)16-22(32)18-13-20(26(2,3)4)24-21(14-18)29(9-6-11-31)10-12-33-24;/h7-8,13-14,27,31H,5-6,9-12,15-16H2,1-4H3;1H. The molecule has 2 N–H and O–H groups in total. The number of fused-ring (bicyclic) bond motifs is 2. The molecule has 0 amide bonds. The van der Waals surface area contributed by atoms with Gasteiger partial charge in [0.05, 0.1) is 18.8 Å². The van der Waals surface area contributed by atoms with Crippen LogP contribution >= 0.6 is 12.4 Å². The first-order valence-corrected chi connectivity index (χ1v) is 11.8. The quantitative estimate of drug-likeness (QED) is 0.575. The van der Waals surface area contributed by atoms with Gasteiger partial charge in [0.1, 0.15) is 23.9 Å². The number of aliphatic hydroxyl groups is 1. The van der Waals surface area contributed by atoms with Gasteiger partial charge in [-0.15, -0.1) is 12.4 Å². The van der Waals surface area contributed by atoms with Crippen molar-refractivity contribution in [2.45, 2.75) is 52.5 Å². The number of pyridine rings is 1. The number of aromatic nitrogens is 1. The maximum atomic E-state index is 13.4. The van der Waals surface area contributed by atoms with Crippen LogP contribution in [-0.2, 0) is 18.4 Å². The molecule has 2 aliphatic rings. The smallest absolute Gasteiger partial charge is 0.182 e. The van der Waals surface area contributed by atoms with E-state index in [0.717, 1.165) is 41.2 Å². The Bertz CT molecular complexity index is 1080. The zero-order chi connectivity index (χ0) is 23.8. The number of ketones is 1. The highest BCUT2D eigenvalue weighted by atomic mass is 35.5. The molecule has 8 heteroatoms. The van der Waals surface area contributed by atoms with Gasteiger partial charge in [-0.1, -0.05) is 33.8 Å². The van der Waals surface area contributed by atoms with Gasteiger partial charge in [0, 0.05) is 42.1 Å². The van der Waals surface area contributed by atoms with E-state index in [9.17, 15) is 9.90 Å². The van der Waals surface area contributed by atoms with Crippen LogP contribution in [0.2, 0.25) is 0 Å². The van der Waals surface area contributed by atoms with E-state index in [1.807, 2.05) is 31.2 Å². The topological polar surface area (TPSA) is 89.8 Å². The highest BCUT2D eigenvalue weighted by Crippen LogP contribution is 2.42. The van der Waals surface area contributed by atoms with Crippen LogP contribution in [0.1, 0.15) is 67.0 Å². The molecule has 184 valence electrons. The third-order valence-electron chi connectivity index (χ3n) is 6.37. The van der Waals surface area contributed by atoms with E-state index in [2.05, 4.69) is 30.7 Å². The summed E-state index contributed by atoms with van der Waals surface area (Å²) < 4.78 is 6.07. The number of carbonyl (C=O) groups excluding carboxylic acids is 1. The summed E-state index contributed by atoms with van der Waals surface area (Å²) in [4.78, 5) is 22.1. The molecule has 3 heterocycles. The fraction of sp³-hybridized carbons (Fsp3) is 0.500. The second kappa shape index (κ2) is 10.3. The summed E-state index contributed by atoms with van der Waals surface area (Å²) in [5.74, 6) is 1.13. The van der Waals surface area contributed by atoms with Gasteiger partial charge in [0.15, 0.2) is 5.78 Å². The Balaban J connectivity index is 0.00000324.